The normalized spacial score (nSPS) is 20.2. The van der Waals surface area contributed by atoms with E-state index in [-0.39, 0.29) is 41.6 Å². The molecule has 2 aliphatic rings. The Labute approximate surface area is 181 Å². The first-order chi connectivity index (χ1) is 14.5. The molecule has 0 radical (unpaired) electrons. The molecule has 0 bridgehead atoms. The summed E-state index contributed by atoms with van der Waals surface area (Å²) >= 11 is 3.30. The summed E-state index contributed by atoms with van der Waals surface area (Å²) in [6, 6.07) is 12.8. The van der Waals surface area contributed by atoms with E-state index in [0.717, 1.165) is 4.47 Å². The van der Waals surface area contributed by atoms with Gasteiger partial charge in [0.05, 0.1) is 23.1 Å². The molecule has 6 nitrogen and oxygen atoms in total. The molecule has 0 saturated carbocycles. The number of Topliss-reactive ketones (excluding diaryl/α,β-unsaturated/α-hetero) is 1. The van der Waals surface area contributed by atoms with E-state index in [1.165, 1.54) is 17.0 Å². The molecule has 2 amide bonds. The molecular formula is C23H18BrNO5. The van der Waals surface area contributed by atoms with E-state index in [1.54, 1.807) is 36.4 Å². The summed E-state index contributed by atoms with van der Waals surface area (Å²) in [4.78, 5) is 50.9. The second-order valence-electron chi connectivity index (χ2n) is 7.22. The van der Waals surface area contributed by atoms with Crippen LogP contribution in [-0.2, 0) is 14.3 Å². The maximum Gasteiger partial charge on any atom is 0.338 e. The zero-order valence-corrected chi connectivity index (χ0v) is 17.5. The van der Waals surface area contributed by atoms with Gasteiger partial charge in [-0.15, -0.1) is 0 Å². The van der Waals surface area contributed by atoms with Crippen molar-refractivity contribution >= 4 is 45.2 Å². The van der Waals surface area contributed by atoms with E-state index in [4.69, 9.17) is 4.74 Å². The van der Waals surface area contributed by atoms with E-state index in [9.17, 15) is 19.2 Å². The largest absolute Gasteiger partial charge is 0.454 e. The topological polar surface area (TPSA) is 80.8 Å². The summed E-state index contributed by atoms with van der Waals surface area (Å²) in [7, 11) is 0. The van der Waals surface area contributed by atoms with Gasteiger partial charge in [0.25, 0.3) is 0 Å². The summed E-state index contributed by atoms with van der Waals surface area (Å²) in [5.74, 6) is -1.98. The third kappa shape index (κ3) is 3.85. The second-order valence-corrected chi connectivity index (χ2v) is 8.14. The minimum absolute atomic E-state index is 0.204. The highest BCUT2D eigenvalue weighted by atomic mass is 79.9. The van der Waals surface area contributed by atoms with Gasteiger partial charge in [-0.25, -0.2) is 4.79 Å². The summed E-state index contributed by atoms with van der Waals surface area (Å²) in [6.45, 7) is -0.373. The van der Waals surface area contributed by atoms with Crippen LogP contribution < -0.4 is 4.90 Å². The number of fused-ring (bicyclic) bond motifs is 1. The second kappa shape index (κ2) is 8.36. The molecule has 2 aromatic rings. The Kier molecular flexibility index (Phi) is 5.63. The fourth-order valence-corrected chi connectivity index (χ4v) is 4.00. The van der Waals surface area contributed by atoms with Crippen molar-refractivity contribution in [3.05, 3.63) is 76.3 Å². The van der Waals surface area contributed by atoms with Gasteiger partial charge in [-0.3, -0.25) is 19.3 Å². The van der Waals surface area contributed by atoms with Crippen molar-refractivity contribution in [2.45, 2.75) is 12.8 Å². The first-order valence-electron chi connectivity index (χ1n) is 9.54. The highest BCUT2D eigenvalue weighted by Crippen LogP contribution is 2.37. The van der Waals surface area contributed by atoms with Gasteiger partial charge in [-0.05, 0) is 49.2 Å². The van der Waals surface area contributed by atoms with Gasteiger partial charge in [0.1, 0.15) is 0 Å². The Balaban J connectivity index is 1.40. The number of amides is 2. The molecule has 1 aliphatic heterocycles. The molecule has 0 N–H and O–H groups in total. The van der Waals surface area contributed by atoms with Crippen molar-refractivity contribution in [1.82, 2.24) is 0 Å². The molecule has 0 aromatic heterocycles. The number of carbonyl (C=O) groups is 4. The fraction of sp³-hybridized carbons (Fsp3) is 0.217. The number of nitrogens with zero attached hydrogens (tertiary/aromatic N) is 1. The molecular weight excluding hydrogens is 450 g/mol. The van der Waals surface area contributed by atoms with Gasteiger partial charge in [-0.2, -0.15) is 0 Å². The van der Waals surface area contributed by atoms with E-state index in [1.807, 2.05) is 12.2 Å². The predicted molar refractivity (Wildman–Crippen MR) is 113 cm³/mol. The van der Waals surface area contributed by atoms with Crippen molar-refractivity contribution in [3.63, 3.8) is 0 Å². The first-order valence-corrected chi connectivity index (χ1v) is 10.3. The number of ether oxygens (including phenoxy) is 1. The molecule has 4 rings (SSSR count). The van der Waals surface area contributed by atoms with Crippen molar-refractivity contribution in [1.29, 1.82) is 0 Å². The molecule has 0 unspecified atom stereocenters. The number of esters is 1. The summed E-state index contributed by atoms with van der Waals surface area (Å²) in [5, 5.41) is 0. The van der Waals surface area contributed by atoms with Gasteiger partial charge >= 0.3 is 5.97 Å². The van der Waals surface area contributed by atoms with Crippen LogP contribution in [0.25, 0.3) is 0 Å². The van der Waals surface area contributed by atoms with Crippen molar-refractivity contribution in [2.24, 2.45) is 11.8 Å². The zero-order valence-electron chi connectivity index (χ0n) is 15.9. The van der Waals surface area contributed by atoms with Crippen LogP contribution in [0.3, 0.4) is 0 Å². The Morgan fingerprint density at radius 2 is 1.40 bits per heavy atom. The van der Waals surface area contributed by atoms with Crippen LogP contribution in [0, 0.1) is 11.8 Å². The Bertz CT molecular complexity index is 1020. The average molecular weight is 468 g/mol. The van der Waals surface area contributed by atoms with Gasteiger partial charge < -0.3 is 4.74 Å². The molecule has 0 spiro atoms. The standard InChI is InChI=1S/C23H18BrNO5/c24-16-9-5-14(6-10-16)20(26)13-30-23(29)15-7-11-17(12-8-15)25-21(27)18-3-1-2-4-19(18)22(25)28/h1-2,5-12,18-19H,3-4,13H2/t18-,19-/m0/s1. The lowest BCUT2D eigenvalue weighted by molar-refractivity contribution is -0.122. The third-order valence-electron chi connectivity index (χ3n) is 5.37. The molecule has 2 atom stereocenters. The van der Waals surface area contributed by atoms with Crippen LogP contribution in [0.15, 0.2) is 65.2 Å². The number of allylic oxidation sites excluding steroid dienone is 2. The number of halogens is 1. The van der Waals surface area contributed by atoms with Crippen molar-refractivity contribution in [2.75, 3.05) is 11.5 Å². The molecule has 1 saturated heterocycles. The SMILES string of the molecule is O=C(COC(=O)c1ccc(N2C(=O)[C@H]3CC=CC[C@@H]3C2=O)cc1)c1ccc(Br)cc1. The number of hydrogen-bond donors (Lipinski definition) is 0. The number of anilines is 1. The van der Waals surface area contributed by atoms with Crippen LogP contribution in [0.1, 0.15) is 33.6 Å². The van der Waals surface area contributed by atoms with Crippen molar-refractivity contribution in [3.8, 4) is 0 Å². The lowest BCUT2D eigenvalue weighted by Gasteiger charge is -2.15. The summed E-state index contributed by atoms with van der Waals surface area (Å²) in [5.41, 5.74) is 1.12. The molecule has 1 fully saturated rings. The number of carbonyl (C=O) groups excluding carboxylic acids is 4. The fourth-order valence-electron chi connectivity index (χ4n) is 3.73. The molecule has 7 heteroatoms. The molecule has 1 heterocycles. The predicted octanol–water partition coefficient (Wildman–Crippen LogP) is 3.94. The quantitative estimate of drug-likeness (QED) is 0.288. The molecule has 30 heavy (non-hydrogen) atoms. The summed E-state index contributed by atoms with van der Waals surface area (Å²) in [6.07, 6.45) is 5.01. The Hall–Kier alpha value is -3.06. The van der Waals surface area contributed by atoms with E-state index >= 15 is 0 Å². The highest BCUT2D eigenvalue weighted by Gasteiger charge is 2.47. The highest BCUT2D eigenvalue weighted by molar-refractivity contribution is 9.10. The Morgan fingerprint density at radius 1 is 0.867 bits per heavy atom. The van der Waals surface area contributed by atoms with Gasteiger partial charge in [-0.1, -0.05) is 40.2 Å². The van der Waals surface area contributed by atoms with Crippen LogP contribution in [0.4, 0.5) is 5.69 Å². The van der Waals surface area contributed by atoms with Crippen LogP contribution >= 0.6 is 15.9 Å². The van der Waals surface area contributed by atoms with Crippen LogP contribution in [-0.4, -0.2) is 30.2 Å². The number of hydrogen-bond acceptors (Lipinski definition) is 5. The van der Waals surface area contributed by atoms with Crippen LogP contribution in [0.5, 0.6) is 0 Å². The molecule has 152 valence electrons. The van der Waals surface area contributed by atoms with Gasteiger partial charge in [0.15, 0.2) is 12.4 Å². The zero-order chi connectivity index (χ0) is 21.3. The number of rotatable bonds is 5. The molecule has 1 aliphatic carbocycles. The van der Waals surface area contributed by atoms with Gasteiger partial charge in [0, 0.05) is 10.0 Å². The maximum atomic E-state index is 12.6. The minimum atomic E-state index is -0.649. The van der Waals surface area contributed by atoms with E-state index in [0.29, 0.717) is 24.1 Å². The monoisotopic (exact) mass is 467 g/mol. The molecule has 2 aromatic carbocycles. The smallest absolute Gasteiger partial charge is 0.338 e. The van der Waals surface area contributed by atoms with Crippen molar-refractivity contribution < 1.29 is 23.9 Å². The number of benzene rings is 2. The number of imide groups is 1. The lowest BCUT2D eigenvalue weighted by atomic mass is 9.85. The van der Waals surface area contributed by atoms with E-state index in [2.05, 4.69) is 15.9 Å². The minimum Gasteiger partial charge on any atom is -0.454 e. The maximum absolute atomic E-state index is 12.6. The van der Waals surface area contributed by atoms with Gasteiger partial charge in [0.2, 0.25) is 11.8 Å². The first kappa shape index (κ1) is 20.2. The lowest BCUT2D eigenvalue weighted by Crippen LogP contribution is -2.30. The average Bonchev–Trinajstić information content (AvgIpc) is 3.03. The number of ketones is 1. The van der Waals surface area contributed by atoms with Crippen LogP contribution in [0.2, 0.25) is 0 Å². The third-order valence-corrected chi connectivity index (χ3v) is 5.90. The summed E-state index contributed by atoms with van der Waals surface area (Å²) < 4.78 is 5.95. The van der Waals surface area contributed by atoms with E-state index < -0.39 is 5.97 Å². The Morgan fingerprint density at radius 3 is 1.97 bits per heavy atom.